The van der Waals surface area contributed by atoms with Crippen molar-refractivity contribution < 1.29 is 13.2 Å². The molecule has 1 saturated carbocycles. The predicted molar refractivity (Wildman–Crippen MR) is 77.6 cm³/mol. The zero-order valence-electron chi connectivity index (χ0n) is 13.3. The van der Waals surface area contributed by atoms with Crippen LogP contribution in [-0.4, -0.2) is 18.3 Å². The smallest absolute Gasteiger partial charge is 0.311 e. The summed E-state index contributed by atoms with van der Waals surface area (Å²) in [5, 5.41) is 3.52. The highest BCUT2D eigenvalue weighted by Crippen LogP contribution is 2.37. The van der Waals surface area contributed by atoms with E-state index in [0.29, 0.717) is 30.7 Å². The molecule has 1 N–H and O–H groups in total. The Bertz CT molecular complexity index is 263. The highest BCUT2D eigenvalue weighted by atomic mass is 19.4. The van der Waals surface area contributed by atoms with Crippen LogP contribution < -0.4 is 5.32 Å². The van der Waals surface area contributed by atoms with Gasteiger partial charge in [-0.05, 0) is 43.9 Å². The van der Waals surface area contributed by atoms with E-state index in [2.05, 4.69) is 33.0 Å². The van der Waals surface area contributed by atoms with Crippen LogP contribution in [0.25, 0.3) is 0 Å². The molecule has 120 valence electrons. The summed E-state index contributed by atoms with van der Waals surface area (Å²) in [5.74, 6) is 0.0500. The van der Waals surface area contributed by atoms with Crippen LogP contribution in [0.4, 0.5) is 13.2 Å². The molecule has 1 rings (SSSR count). The SMILES string of the molecule is CC(C)CC(CC(C)C)NC1CCCC(C(F)(F)F)C1. The molecule has 0 heterocycles. The number of nitrogens with one attached hydrogen (secondary N) is 1. The number of halogens is 3. The van der Waals surface area contributed by atoms with E-state index in [9.17, 15) is 13.2 Å². The van der Waals surface area contributed by atoms with Crippen molar-refractivity contribution >= 4 is 0 Å². The molecule has 1 aliphatic rings. The fraction of sp³-hybridized carbons (Fsp3) is 1.00. The van der Waals surface area contributed by atoms with Gasteiger partial charge in [0.1, 0.15) is 0 Å². The van der Waals surface area contributed by atoms with Crippen LogP contribution in [0.2, 0.25) is 0 Å². The molecule has 0 amide bonds. The molecule has 0 aromatic heterocycles. The van der Waals surface area contributed by atoms with Crippen LogP contribution in [0.5, 0.6) is 0 Å². The maximum atomic E-state index is 12.8. The largest absolute Gasteiger partial charge is 0.391 e. The molecule has 1 aliphatic carbocycles. The van der Waals surface area contributed by atoms with Crippen molar-refractivity contribution in [3.05, 3.63) is 0 Å². The van der Waals surface area contributed by atoms with E-state index in [1.807, 2.05) is 0 Å². The maximum absolute atomic E-state index is 12.8. The average Bonchev–Trinajstić information content (AvgIpc) is 2.26. The Kier molecular flexibility index (Phi) is 6.83. The van der Waals surface area contributed by atoms with Gasteiger partial charge in [-0.2, -0.15) is 13.2 Å². The molecular weight excluding hydrogens is 263 g/mol. The Morgan fingerprint density at radius 2 is 1.55 bits per heavy atom. The van der Waals surface area contributed by atoms with Gasteiger partial charge in [0.15, 0.2) is 0 Å². The number of rotatable bonds is 6. The fourth-order valence-corrected chi connectivity index (χ4v) is 3.34. The van der Waals surface area contributed by atoms with E-state index in [4.69, 9.17) is 0 Å². The standard InChI is InChI=1S/C16H30F3N/c1-11(2)8-15(9-12(3)4)20-14-7-5-6-13(10-14)16(17,18)19/h11-15,20H,5-10H2,1-4H3. The Morgan fingerprint density at radius 1 is 1.00 bits per heavy atom. The molecule has 0 spiro atoms. The van der Waals surface area contributed by atoms with E-state index in [0.717, 1.165) is 19.3 Å². The van der Waals surface area contributed by atoms with E-state index in [-0.39, 0.29) is 12.5 Å². The molecule has 1 fully saturated rings. The Labute approximate surface area is 121 Å². The minimum absolute atomic E-state index is 0.0397. The van der Waals surface area contributed by atoms with Crippen molar-refractivity contribution in [2.45, 2.75) is 84.5 Å². The lowest BCUT2D eigenvalue weighted by Crippen LogP contribution is -2.44. The first kappa shape index (κ1) is 17.8. The van der Waals surface area contributed by atoms with Crippen LogP contribution in [0, 0.1) is 17.8 Å². The summed E-state index contributed by atoms with van der Waals surface area (Å²) < 4.78 is 38.5. The van der Waals surface area contributed by atoms with Crippen molar-refractivity contribution in [1.29, 1.82) is 0 Å². The van der Waals surface area contributed by atoms with Crippen LogP contribution in [0.15, 0.2) is 0 Å². The first-order valence-electron chi connectivity index (χ1n) is 8.01. The second-order valence-corrected chi connectivity index (χ2v) is 7.22. The van der Waals surface area contributed by atoms with Gasteiger partial charge in [0.05, 0.1) is 5.92 Å². The van der Waals surface area contributed by atoms with E-state index >= 15 is 0 Å². The van der Waals surface area contributed by atoms with Gasteiger partial charge >= 0.3 is 6.18 Å². The monoisotopic (exact) mass is 293 g/mol. The molecule has 0 radical (unpaired) electrons. The lowest BCUT2D eigenvalue weighted by atomic mass is 9.84. The van der Waals surface area contributed by atoms with Gasteiger partial charge in [-0.15, -0.1) is 0 Å². The molecule has 0 aliphatic heterocycles. The first-order valence-corrected chi connectivity index (χ1v) is 8.01. The summed E-state index contributed by atoms with van der Waals surface area (Å²) in [6.45, 7) is 8.70. The number of hydrogen-bond acceptors (Lipinski definition) is 1. The van der Waals surface area contributed by atoms with Crippen molar-refractivity contribution in [3.8, 4) is 0 Å². The molecular formula is C16H30F3N. The number of alkyl halides is 3. The lowest BCUT2D eigenvalue weighted by molar-refractivity contribution is -0.184. The first-order chi connectivity index (χ1) is 9.18. The summed E-state index contributed by atoms with van der Waals surface area (Å²) in [6.07, 6.45) is 0.219. The lowest BCUT2D eigenvalue weighted by Gasteiger charge is -2.34. The van der Waals surface area contributed by atoms with Gasteiger partial charge in [-0.25, -0.2) is 0 Å². The summed E-state index contributed by atoms with van der Waals surface area (Å²) in [6, 6.07) is 0.393. The molecule has 2 atom stereocenters. The maximum Gasteiger partial charge on any atom is 0.391 e. The molecule has 0 aromatic carbocycles. The van der Waals surface area contributed by atoms with Crippen molar-refractivity contribution in [2.75, 3.05) is 0 Å². The van der Waals surface area contributed by atoms with Crippen LogP contribution >= 0.6 is 0 Å². The van der Waals surface area contributed by atoms with Gasteiger partial charge < -0.3 is 5.32 Å². The van der Waals surface area contributed by atoms with Crippen molar-refractivity contribution in [3.63, 3.8) is 0 Å². The highest BCUT2D eigenvalue weighted by Gasteiger charge is 2.42. The summed E-state index contributed by atoms with van der Waals surface area (Å²) in [7, 11) is 0. The van der Waals surface area contributed by atoms with E-state index in [1.165, 1.54) is 0 Å². The Balaban J connectivity index is 2.54. The minimum atomic E-state index is -4.02. The summed E-state index contributed by atoms with van der Waals surface area (Å²) >= 11 is 0. The zero-order chi connectivity index (χ0) is 15.3. The second-order valence-electron chi connectivity index (χ2n) is 7.22. The third-order valence-electron chi connectivity index (χ3n) is 4.12. The molecule has 4 heteroatoms. The van der Waals surface area contributed by atoms with E-state index < -0.39 is 12.1 Å². The van der Waals surface area contributed by atoms with Crippen LogP contribution in [0.3, 0.4) is 0 Å². The molecule has 0 bridgehead atoms. The molecule has 2 unspecified atom stereocenters. The van der Waals surface area contributed by atoms with Crippen LogP contribution in [0.1, 0.15) is 66.2 Å². The van der Waals surface area contributed by atoms with E-state index in [1.54, 1.807) is 0 Å². The molecule has 0 aromatic rings. The fourth-order valence-electron chi connectivity index (χ4n) is 3.34. The summed E-state index contributed by atoms with van der Waals surface area (Å²) in [4.78, 5) is 0. The third kappa shape index (κ3) is 6.47. The predicted octanol–water partition coefficient (Wildman–Crippen LogP) is 5.16. The summed E-state index contributed by atoms with van der Waals surface area (Å²) in [5.41, 5.74) is 0. The normalized spacial score (nSPS) is 24.9. The average molecular weight is 293 g/mol. The molecule has 20 heavy (non-hydrogen) atoms. The molecule has 0 saturated heterocycles. The second kappa shape index (κ2) is 7.67. The van der Waals surface area contributed by atoms with Crippen molar-refractivity contribution in [2.24, 2.45) is 17.8 Å². The van der Waals surface area contributed by atoms with Gasteiger partial charge in [0.2, 0.25) is 0 Å². The minimum Gasteiger partial charge on any atom is -0.311 e. The van der Waals surface area contributed by atoms with Gasteiger partial charge in [0.25, 0.3) is 0 Å². The zero-order valence-corrected chi connectivity index (χ0v) is 13.3. The van der Waals surface area contributed by atoms with Crippen LogP contribution in [-0.2, 0) is 0 Å². The van der Waals surface area contributed by atoms with Gasteiger partial charge in [-0.3, -0.25) is 0 Å². The Hall–Kier alpha value is -0.250. The van der Waals surface area contributed by atoms with Gasteiger partial charge in [-0.1, -0.05) is 34.1 Å². The number of hydrogen-bond donors (Lipinski definition) is 1. The quantitative estimate of drug-likeness (QED) is 0.713. The van der Waals surface area contributed by atoms with Crippen molar-refractivity contribution in [1.82, 2.24) is 5.32 Å². The third-order valence-corrected chi connectivity index (χ3v) is 4.12. The Morgan fingerprint density at radius 3 is 2.00 bits per heavy atom. The van der Waals surface area contributed by atoms with Gasteiger partial charge in [0, 0.05) is 12.1 Å². The topological polar surface area (TPSA) is 12.0 Å². The molecule has 1 nitrogen and oxygen atoms in total. The highest BCUT2D eigenvalue weighted by molar-refractivity contribution is 4.84.